The Labute approximate surface area is 100 Å². The van der Waals surface area contributed by atoms with Gasteiger partial charge in [0.25, 0.3) is 0 Å². The zero-order valence-electron chi connectivity index (χ0n) is 9.22. The molecule has 0 aromatic heterocycles. The van der Waals surface area contributed by atoms with Crippen molar-refractivity contribution in [2.75, 3.05) is 0 Å². The van der Waals surface area contributed by atoms with E-state index in [0.29, 0.717) is 11.1 Å². The fraction of sp³-hybridized carbons (Fsp3) is 0.0667. The lowest BCUT2D eigenvalue weighted by Crippen LogP contribution is -1.89. The summed E-state index contributed by atoms with van der Waals surface area (Å²) < 4.78 is 0. The van der Waals surface area contributed by atoms with E-state index < -0.39 is 0 Å². The van der Waals surface area contributed by atoms with Gasteiger partial charge in [0.1, 0.15) is 0 Å². The summed E-state index contributed by atoms with van der Waals surface area (Å²) in [4.78, 5) is 0. The highest BCUT2D eigenvalue weighted by Crippen LogP contribution is 2.12. The van der Waals surface area contributed by atoms with Crippen LogP contribution in [-0.4, -0.2) is 0 Å². The first-order valence-electron chi connectivity index (χ1n) is 5.30. The zero-order chi connectivity index (χ0) is 12.1. The number of hydrogen-bond donors (Lipinski definition) is 0. The normalized spacial score (nSPS) is 9.29. The lowest BCUT2D eigenvalue weighted by atomic mass is 10.0. The third-order valence-electron chi connectivity index (χ3n) is 2.52. The number of benzene rings is 2. The molecule has 2 aromatic rings. The molecule has 0 radical (unpaired) electrons. The molecule has 0 aliphatic carbocycles. The maximum atomic E-state index is 8.82. The molecule has 0 bridgehead atoms. The second-order valence-electron chi connectivity index (χ2n) is 3.80. The summed E-state index contributed by atoms with van der Waals surface area (Å²) in [6.45, 7) is 0. The van der Waals surface area contributed by atoms with Crippen molar-refractivity contribution in [2.24, 2.45) is 0 Å². The van der Waals surface area contributed by atoms with Crippen LogP contribution in [-0.2, 0) is 6.42 Å². The number of nitrogens with zero attached hydrogens (tertiary/aromatic N) is 2. The van der Waals surface area contributed by atoms with Gasteiger partial charge in [-0.25, -0.2) is 0 Å². The number of nitriles is 2. The van der Waals surface area contributed by atoms with Gasteiger partial charge in [-0.2, -0.15) is 10.5 Å². The van der Waals surface area contributed by atoms with Crippen molar-refractivity contribution in [2.45, 2.75) is 6.42 Å². The van der Waals surface area contributed by atoms with E-state index in [4.69, 9.17) is 10.5 Å². The van der Waals surface area contributed by atoms with Gasteiger partial charge in [-0.1, -0.05) is 24.3 Å². The zero-order valence-corrected chi connectivity index (χ0v) is 9.22. The van der Waals surface area contributed by atoms with Crippen LogP contribution in [0, 0.1) is 22.7 Å². The van der Waals surface area contributed by atoms with Crippen LogP contribution in [0.25, 0.3) is 0 Å². The van der Waals surface area contributed by atoms with E-state index in [1.165, 1.54) is 0 Å². The third kappa shape index (κ3) is 2.71. The minimum atomic E-state index is 0.666. The Morgan fingerprint density at radius 1 is 0.765 bits per heavy atom. The van der Waals surface area contributed by atoms with Crippen LogP contribution in [0.5, 0.6) is 0 Å². The molecule has 2 rings (SSSR count). The van der Waals surface area contributed by atoms with Gasteiger partial charge in [0.05, 0.1) is 23.3 Å². The molecule has 17 heavy (non-hydrogen) atoms. The highest BCUT2D eigenvalue weighted by molar-refractivity contribution is 5.38. The highest BCUT2D eigenvalue weighted by atomic mass is 14.2. The van der Waals surface area contributed by atoms with Crippen LogP contribution in [0.15, 0.2) is 48.5 Å². The Kier molecular flexibility index (Phi) is 3.19. The van der Waals surface area contributed by atoms with Gasteiger partial charge in [-0.15, -0.1) is 0 Å². The maximum Gasteiger partial charge on any atom is 0.0991 e. The second-order valence-corrected chi connectivity index (χ2v) is 3.80. The highest BCUT2D eigenvalue weighted by Gasteiger charge is 1.99. The Balaban J connectivity index is 2.26. The molecule has 0 saturated heterocycles. The molecule has 0 N–H and O–H groups in total. The molecule has 0 spiro atoms. The van der Waals surface area contributed by atoms with Crippen molar-refractivity contribution in [3.63, 3.8) is 0 Å². The summed E-state index contributed by atoms with van der Waals surface area (Å²) in [5.74, 6) is 0. The van der Waals surface area contributed by atoms with Crippen LogP contribution < -0.4 is 0 Å². The molecule has 2 aromatic carbocycles. The Morgan fingerprint density at radius 3 is 1.65 bits per heavy atom. The van der Waals surface area contributed by atoms with Crippen LogP contribution in [0.4, 0.5) is 0 Å². The van der Waals surface area contributed by atoms with Crippen molar-refractivity contribution in [1.82, 2.24) is 0 Å². The van der Waals surface area contributed by atoms with Gasteiger partial charge >= 0.3 is 0 Å². The second kappa shape index (κ2) is 4.96. The standard InChI is InChI=1S/C15H10N2/c16-10-14-5-1-3-12(8-14)7-13-4-2-6-15(9-13)11-17/h1-6,8-9H,7H2. The molecular formula is C15H10N2. The van der Waals surface area contributed by atoms with E-state index in [2.05, 4.69) is 12.1 Å². The topological polar surface area (TPSA) is 47.6 Å². The summed E-state index contributed by atoms with van der Waals surface area (Å²) in [6, 6.07) is 19.3. The summed E-state index contributed by atoms with van der Waals surface area (Å²) in [5, 5.41) is 17.6. The smallest absolute Gasteiger partial charge is 0.0991 e. The average molecular weight is 218 g/mol. The van der Waals surface area contributed by atoms with Crippen LogP contribution >= 0.6 is 0 Å². The molecular weight excluding hydrogens is 208 g/mol. The molecule has 80 valence electrons. The molecule has 0 fully saturated rings. The van der Waals surface area contributed by atoms with Crippen molar-refractivity contribution in [3.05, 3.63) is 70.8 Å². The van der Waals surface area contributed by atoms with Gasteiger partial charge in [0.15, 0.2) is 0 Å². The van der Waals surface area contributed by atoms with E-state index in [0.717, 1.165) is 17.5 Å². The SMILES string of the molecule is N#Cc1cccc(Cc2cccc(C#N)c2)c1. The van der Waals surface area contributed by atoms with E-state index in [9.17, 15) is 0 Å². The summed E-state index contributed by atoms with van der Waals surface area (Å²) in [5.41, 5.74) is 3.50. The lowest BCUT2D eigenvalue weighted by molar-refractivity contribution is 1.18. The molecule has 0 unspecified atom stereocenters. The van der Waals surface area contributed by atoms with E-state index in [-0.39, 0.29) is 0 Å². The van der Waals surface area contributed by atoms with E-state index >= 15 is 0 Å². The monoisotopic (exact) mass is 218 g/mol. The molecule has 0 heterocycles. The van der Waals surface area contributed by atoms with E-state index in [1.807, 2.05) is 36.4 Å². The molecule has 0 amide bonds. The fourth-order valence-corrected chi connectivity index (χ4v) is 1.74. The van der Waals surface area contributed by atoms with Crippen molar-refractivity contribution >= 4 is 0 Å². The van der Waals surface area contributed by atoms with Crippen molar-refractivity contribution in [1.29, 1.82) is 10.5 Å². The molecule has 0 aliphatic heterocycles. The van der Waals surface area contributed by atoms with Gasteiger partial charge in [0.2, 0.25) is 0 Å². The quantitative estimate of drug-likeness (QED) is 0.777. The largest absolute Gasteiger partial charge is 0.192 e. The number of hydrogen-bond acceptors (Lipinski definition) is 2. The van der Waals surface area contributed by atoms with Gasteiger partial charge in [0, 0.05) is 0 Å². The van der Waals surface area contributed by atoms with Crippen LogP contribution in [0.2, 0.25) is 0 Å². The molecule has 2 heteroatoms. The fourth-order valence-electron chi connectivity index (χ4n) is 1.74. The third-order valence-corrected chi connectivity index (χ3v) is 2.52. The predicted molar refractivity (Wildman–Crippen MR) is 65.1 cm³/mol. The van der Waals surface area contributed by atoms with Gasteiger partial charge < -0.3 is 0 Å². The van der Waals surface area contributed by atoms with Crippen LogP contribution in [0.3, 0.4) is 0 Å². The first-order chi connectivity index (χ1) is 8.31. The first kappa shape index (κ1) is 10.9. The summed E-state index contributed by atoms with van der Waals surface area (Å²) >= 11 is 0. The molecule has 0 aliphatic rings. The Hall–Kier alpha value is -2.58. The van der Waals surface area contributed by atoms with E-state index in [1.54, 1.807) is 12.1 Å². The Bertz CT molecular complexity index is 560. The van der Waals surface area contributed by atoms with Crippen LogP contribution in [0.1, 0.15) is 22.3 Å². The average Bonchev–Trinajstić information content (AvgIpc) is 2.39. The number of rotatable bonds is 2. The minimum Gasteiger partial charge on any atom is -0.192 e. The van der Waals surface area contributed by atoms with Gasteiger partial charge in [-0.05, 0) is 41.8 Å². The van der Waals surface area contributed by atoms with Crippen molar-refractivity contribution < 1.29 is 0 Å². The lowest BCUT2D eigenvalue weighted by Gasteiger charge is -2.02. The summed E-state index contributed by atoms with van der Waals surface area (Å²) in [7, 11) is 0. The van der Waals surface area contributed by atoms with Crippen molar-refractivity contribution in [3.8, 4) is 12.1 Å². The molecule has 0 atom stereocenters. The first-order valence-corrected chi connectivity index (χ1v) is 5.30. The summed E-state index contributed by atoms with van der Waals surface area (Å²) in [6.07, 6.45) is 0.741. The van der Waals surface area contributed by atoms with Gasteiger partial charge in [-0.3, -0.25) is 0 Å². The predicted octanol–water partition coefficient (Wildman–Crippen LogP) is 3.02. The minimum absolute atomic E-state index is 0.666. The maximum absolute atomic E-state index is 8.82. The molecule has 2 nitrogen and oxygen atoms in total. The molecule has 0 saturated carbocycles. The Morgan fingerprint density at radius 2 is 1.24 bits per heavy atom.